The van der Waals surface area contributed by atoms with Gasteiger partial charge in [0, 0.05) is 12.4 Å². The van der Waals surface area contributed by atoms with Gasteiger partial charge >= 0.3 is 6.55 Å². The lowest BCUT2D eigenvalue weighted by atomic mass is 10.3. The van der Waals surface area contributed by atoms with Gasteiger partial charge in [-0.15, -0.1) is 6.42 Å². The summed E-state index contributed by atoms with van der Waals surface area (Å²) in [4.78, 5) is 3.80. The van der Waals surface area contributed by atoms with Gasteiger partial charge in [0.15, 0.2) is 0 Å². The van der Waals surface area contributed by atoms with Crippen molar-refractivity contribution in [2.45, 2.75) is 26.1 Å². The Hall–Kier alpha value is -1.41. The molecule has 0 saturated carbocycles. The zero-order chi connectivity index (χ0) is 10.6. The summed E-state index contributed by atoms with van der Waals surface area (Å²) in [5.41, 5.74) is 0. The fourth-order valence-electron chi connectivity index (χ4n) is 0.962. The zero-order valence-electron chi connectivity index (χ0n) is 7.74. The van der Waals surface area contributed by atoms with Crippen molar-refractivity contribution < 1.29 is 8.78 Å². The standard InChI is InChI=1S/C9H11F2N3/c1-3-7(2)13-6-8-12-4-5-14(8)9(10)11/h1,4-5,7,9,13H,6H2,2H3. The molecule has 1 rings (SSSR count). The first kappa shape index (κ1) is 10.7. The summed E-state index contributed by atoms with van der Waals surface area (Å²) < 4.78 is 25.4. The van der Waals surface area contributed by atoms with E-state index in [1.54, 1.807) is 6.92 Å². The Morgan fingerprint density at radius 1 is 1.71 bits per heavy atom. The van der Waals surface area contributed by atoms with Crippen molar-refractivity contribution in [2.24, 2.45) is 0 Å². The summed E-state index contributed by atoms with van der Waals surface area (Å²) in [5, 5.41) is 2.88. The number of alkyl halides is 2. The molecule has 5 heteroatoms. The summed E-state index contributed by atoms with van der Waals surface area (Å²) in [6.07, 6.45) is 7.70. The average Bonchev–Trinajstić information content (AvgIpc) is 2.62. The van der Waals surface area contributed by atoms with Crippen LogP contribution < -0.4 is 5.32 Å². The number of rotatable bonds is 4. The molecule has 0 aliphatic rings. The van der Waals surface area contributed by atoms with E-state index in [2.05, 4.69) is 16.2 Å². The highest BCUT2D eigenvalue weighted by Crippen LogP contribution is 2.11. The van der Waals surface area contributed by atoms with Gasteiger partial charge in [-0.2, -0.15) is 8.78 Å². The Morgan fingerprint density at radius 2 is 2.43 bits per heavy atom. The van der Waals surface area contributed by atoms with E-state index in [9.17, 15) is 8.78 Å². The van der Waals surface area contributed by atoms with Crippen molar-refractivity contribution in [1.82, 2.24) is 14.9 Å². The van der Waals surface area contributed by atoms with Gasteiger partial charge in [-0.1, -0.05) is 5.92 Å². The first-order valence-electron chi connectivity index (χ1n) is 4.14. The van der Waals surface area contributed by atoms with Gasteiger partial charge in [0.1, 0.15) is 5.82 Å². The number of nitrogens with one attached hydrogen (secondary N) is 1. The molecule has 0 bridgehead atoms. The molecule has 0 aliphatic heterocycles. The molecule has 0 fully saturated rings. The van der Waals surface area contributed by atoms with Gasteiger partial charge in [-0.05, 0) is 6.92 Å². The molecule has 0 aliphatic carbocycles. The van der Waals surface area contributed by atoms with E-state index in [1.807, 2.05) is 0 Å². The lowest BCUT2D eigenvalue weighted by molar-refractivity contribution is 0.0666. The van der Waals surface area contributed by atoms with Crippen LogP contribution in [0.3, 0.4) is 0 Å². The summed E-state index contributed by atoms with van der Waals surface area (Å²) in [6, 6.07) is -0.155. The molecular formula is C9H11F2N3. The molecule has 0 saturated heterocycles. The zero-order valence-corrected chi connectivity index (χ0v) is 7.74. The molecule has 14 heavy (non-hydrogen) atoms. The van der Waals surface area contributed by atoms with E-state index in [-0.39, 0.29) is 18.4 Å². The van der Waals surface area contributed by atoms with Crippen LogP contribution in [0, 0.1) is 12.3 Å². The first-order valence-corrected chi connectivity index (χ1v) is 4.14. The van der Waals surface area contributed by atoms with Crippen LogP contribution in [0.15, 0.2) is 12.4 Å². The summed E-state index contributed by atoms with van der Waals surface area (Å²) >= 11 is 0. The highest BCUT2D eigenvalue weighted by molar-refractivity contribution is 4.98. The number of halogens is 2. The molecule has 1 heterocycles. The van der Waals surface area contributed by atoms with E-state index in [1.165, 1.54) is 12.4 Å². The molecule has 3 nitrogen and oxygen atoms in total. The van der Waals surface area contributed by atoms with Crippen molar-refractivity contribution >= 4 is 0 Å². The maximum Gasteiger partial charge on any atom is 0.319 e. The van der Waals surface area contributed by atoms with Gasteiger partial charge in [-0.3, -0.25) is 9.88 Å². The molecule has 0 aromatic carbocycles. The SMILES string of the molecule is C#CC(C)NCc1nccn1C(F)F. The Kier molecular flexibility index (Phi) is 3.60. The van der Waals surface area contributed by atoms with E-state index in [0.717, 1.165) is 4.57 Å². The van der Waals surface area contributed by atoms with Crippen molar-refractivity contribution in [1.29, 1.82) is 0 Å². The van der Waals surface area contributed by atoms with Crippen LogP contribution in [0.1, 0.15) is 19.3 Å². The first-order chi connectivity index (χ1) is 6.65. The smallest absolute Gasteiger partial charge is 0.297 e. The third kappa shape index (κ3) is 2.54. The molecule has 76 valence electrons. The number of terminal acetylenes is 1. The second kappa shape index (κ2) is 4.72. The minimum Gasteiger partial charge on any atom is -0.297 e. The fraction of sp³-hybridized carbons (Fsp3) is 0.444. The molecule has 1 aromatic heterocycles. The average molecular weight is 199 g/mol. The molecule has 1 atom stereocenters. The Morgan fingerprint density at radius 3 is 3.00 bits per heavy atom. The van der Waals surface area contributed by atoms with Gasteiger partial charge < -0.3 is 0 Å². The predicted molar refractivity (Wildman–Crippen MR) is 48.6 cm³/mol. The monoisotopic (exact) mass is 199 g/mol. The highest BCUT2D eigenvalue weighted by atomic mass is 19.3. The molecule has 0 spiro atoms. The van der Waals surface area contributed by atoms with Crippen LogP contribution in [0.4, 0.5) is 8.78 Å². The summed E-state index contributed by atoms with van der Waals surface area (Å²) in [7, 11) is 0. The molecule has 1 unspecified atom stereocenters. The number of nitrogens with zero attached hydrogens (tertiary/aromatic N) is 2. The van der Waals surface area contributed by atoms with Crippen molar-refractivity contribution in [2.75, 3.05) is 0 Å². The topological polar surface area (TPSA) is 29.9 Å². The summed E-state index contributed by atoms with van der Waals surface area (Å²) in [6.45, 7) is -0.548. The Balaban J connectivity index is 2.59. The van der Waals surface area contributed by atoms with E-state index >= 15 is 0 Å². The van der Waals surface area contributed by atoms with Gasteiger partial charge in [0.05, 0.1) is 12.6 Å². The van der Waals surface area contributed by atoms with Crippen molar-refractivity contribution in [3.8, 4) is 12.3 Å². The lowest BCUT2D eigenvalue weighted by Crippen LogP contribution is -2.25. The van der Waals surface area contributed by atoms with Crippen molar-refractivity contribution in [3.63, 3.8) is 0 Å². The van der Waals surface area contributed by atoms with E-state index < -0.39 is 6.55 Å². The normalized spacial score (nSPS) is 12.8. The van der Waals surface area contributed by atoms with Gasteiger partial charge in [0.2, 0.25) is 0 Å². The van der Waals surface area contributed by atoms with Crippen LogP contribution in [0.25, 0.3) is 0 Å². The fourth-order valence-corrected chi connectivity index (χ4v) is 0.962. The molecule has 1 aromatic rings. The van der Waals surface area contributed by atoms with Crippen LogP contribution in [-0.4, -0.2) is 15.6 Å². The Labute approximate surface area is 81.1 Å². The molecular weight excluding hydrogens is 188 g/mol. The maximum absolute atomic E-state index is 12.3. The quantitative estimate of drug-likeness (QED) is 0.742. The predicted octanol–water partition coefficient (Wildman–Crippen LogP) is 1.39. The molecule has 1 N–H and O–H groups in total. The highest BCUT2D eigenvalue weighted by Gasteiger charge is 2.10. The Bertz CT molecular complexity index is 327. The van der Waals surface area contributed by atoms with E-state index in [4.69, 9.17) is 6.42 Å². The number of aromatic nitrogens is 2. The van der Waals surface area contributed by atoms with Crippen LogP contribution in [-0.2, 0) is 6.54 Å². The van der Waals surface area contributed by atoms with Crippen LogP contribution in [0.2, 0.25) is 0 Å². The second-order valence-electron chi connectivity index (χ2n) is 2.80. The third-order valence-corrected chi connectivity index (χ3v) is 1.78. The minimum atomic E-state index is -2.56. The third-order valence-electron chi connectivity index (χ3n) is 1.78. The number of hydrogen-bond acceptors (Lipinski definition) is 2. The molecule has 0 amide bonds. The molecule has 0 radical (unpaired) electrons. The van der Waals surface area contributed by atoms with Crippen LogP contribution >= 0.6 is 0 Å². The number of imidazole rings is 1. The minimum absolute atomic E-state index is 0.155. The summed E-state index contributed by atoms with van der Waals surface area (Å²) in [5.74, 6) is 2.72. The van der Waals surface area contributed by atoms with Crippen LogP contribution in [0.5, 0.6) is 0 Å². The van der Waals surface area contributed by atoms with Crippen molar-refractivity contribution in [3.05, 3.63) is 18.2 Å². The van der Waals surface area contributed by atoms with E-state index in [0.29, 0.717) is 0 Å². The van der Waals surface area contributed by atoms with Gasteiger partial charge in [-0.25, -0.2) is 4.98 Å². The number of hydrogen-bond donors (Lipinski definition) is 1. The largest absolute Gasteiger partial charge is 0.319 e. The maximum atomic E-state index is 12.3. The lowest BCUT2D eigenvalue weighted by Gasteiger charge is -2.09. The van der Waals surface area contributed by atoms with Gasteiger partial charge in [0.25, 0.3) is 0 Å². The second-order valence-corrected chi connectivity index (χ2v) is 2.80.